The molecule has 0 radical (unpaired) electrons. The molecule has 3 nitrogen and oxygen atoms in total. The lowest BCUT2D eigenvalue weighted by atomic mass is 9.83. The highest BCUT2D eigenvalue weighted by Gasteiger charge is 2.48. The Hall–Kier alpha value is -2.13. The van der Waals surface area contributed by atoms with Crippen molar-refractivity contribution in [2.75, 3.05) is 13.1 Å². The maximum atomic E-state index is 12.9. The summed E-state index contributed by atoms with van der Waals surface area (Å²) in [5, 5.41) is 0. The van der Waals surface area contributed by atoms with Crippen LogP contribution in [0, 0.1) is 5.92 Å². The molecule has 1 aliphatic carbocycles. The molecular weight excluding hydrogens is 310 g/mol. The quantitative estimate of drug-likeness (QED) is 0.836. The lowest BCUT2D eigenvalue weighted by molar-refractivity contribution is -0.139. The minimum atomic E-state index is -0.157. The molecule has 1 saturated carbocycles. The molecule has 3 heteroatoms. The summed E-state index contributed by atoms with van der Waals surface area (Å²) in [7, 11) is 0. The van der Waals surface area contributed by atoms with Gasteiger partial charge in [0.05, 0.1) is 12.2 Å². The van der Waals surface area contributed by atoms with Gasteiger partial charge >= 0.3 is 0 Å². The monoisotopic (exact) mass is 333 g/mol. The molecule has 128 valence electrons. The van der Waals surface area contributed by atoms with Gasteiger partial charge in [0, 0.05) is 19.0 Å². The number of carbonyl (C=O) groups is 1. The first kappa shape index (κ1) is 15.2. The van der Waals surface area contributed by atoms with Gasteiger partial charge in [-0.1, -0.05) is 54.6 Å². The zero-order valence-electron chi connectivity index (χ0n) is 14.4. The normalized spacial score (nSPS) is 26.5. The molecular formula is C22H23NO2. The van der Waals surface area contributed by atoms with Crippen LogP contribution in [0.15, 0.2) is 54.6 Å². The first-order chi connectivity index (χ1) is 12.3. The van der Waals surface area contributed by atoms with E-state index >= 15 is 0 Å². The summed E-state index contributed by atoms with van der Waals surface area (Å²) < 4.78 is 6.21. The molecule has 0 N–H and O–H groups in total. The van der Waals surface area contributed by atoms with Crippen LogP contribution in [0.4, 0.5) is 0 Å². The van der Waals surface area contributed by atoms with E-state index in [9.17, 15) is 4.79 Å². The van der Waals surface area contributed by atoms with Crippen LogP contribution < -0.4 is 0 Å². The highest BCUT2D eigenvalue weighted by molar-refractivity contribution is 5.83. The number of hydrogen-bond acceptors (Lipinski definition) is 2. The van der Waals surface area contributed by atoms with Gasteiger partial charge in [0.15, 0.2) is 0 Å². The SMILES string of the molecule is O=C(C1CC1c1ccccc1)N1CCC2(CC1)OCc1ccccc12. The zero-order chi connectivity index (χ0) is 16.9. The van der Waals surface area contributed by atoms with E-state index in [0.29, 0.717) is 18.4 Å². The number of amides is 1. The zero-order valence-corrected chi connectivity index (χ0v) is 14.4. The Morgan fingerprint density at radius 2 is 1.72 bits per heavy atom. The van der Waals surface area contributed by atoms with E-state index in [-0.39, 0.29) is 11.5 Å². The summed E-state index contributed by atoms with van der Waals surface area (Å²) >= 11 is 0. The van der Waals surface area contributed by atoms with Crippen molar-refractivity contribution in [3.05, 3.63) is 71.3 Å². The molecule has 2 unspecified atom stereocenters. The summed E-state index contributed by atoms with van der Waals surface area (Å²) in [5.74, 6) is 0.955. The minimum Gasteiger partial charge on any atom is -0.365 e. The molecule has 1 amide bonds. The first-order valence-electron chi connectivity index (χ1n) is 9.33. The molecule has 2 aromatic rings. The molecule has 0 bridgehead atoms. The molecule has 5 rings (SSSR count). The lowest BCUT2D eigenvalue weighted by Gasteiger charge is -2.39. The van der Waals surface area contributed by atoms with E-state index in [1.165, 1.54) is 16.7 Å². The van der Waals surface area contributed by atoms with Crippen molar-refractivity contribution in [2.24, 2.45) is 5.92 Å². The van der Waals surface area contributed by atoms with E-state index in [1.807, 2.05) is 6.07 Å². The fraction of sp³-hybridized carbons (Fsp3) is 0.409. The predicted molar refractivity (Wildman–Crippen MR) is 96.0 cm³/mol. The van der Waals surface area contributed by atoms with E-state index in [0.717, 1.165) is 32.4 Å². The Balaban J connectivity index is 1.25. The van der Waals surface area contributed by atoms with Gasteiger partial charge in [0.1, 0.15) is 0 Å². The van der Waals surface area contributed by atoms with Gasteiger partial charge in [0.2, 0.25) is 5.91 Å². The summed E-state index contributed by atoms with van der Waals surface area (Å²) in [6.45, 7) is 2.33. The van der Waals surface area contributed by atoms with E-state index < -0.39 is 0 Å². The van der Waals surface area contributed by atoms with Crippen LogP contribution in [0.5, 0.6) is 0 Å². The van der Waals surface area contributed by atoms with E-state index in [4.69, 9.17) is 4.74 Å². The van der Waals surface area contributed by atoms with Crippen LogP contribution in [-0.2, 0) is 21.7 Å². The fourth-order valence-electron chi connectivity index (χ4n) is 4.66. The van der Waals surface area contributed by atoms with Crippen LogP contribution in [0.25, 0.3) is 0 Å². The topological polar surface area (TPSA) is 29.5 Å². The van der Waals surface area contributed by atoms with E-state index in [1.54, 1.807) is 0 Å². The van der Waals surface area contributed by atoms with Gasteiger partial charge in [0.25, 0.3) is 0 Å². The predicted octanol–water partition coefficient (Wildman–Crippen LogP) is 3.84. The highest BCUT2D eigenvalue weighted by atomic mass is 16.5. The number of rotatable bonds is 2. The van der Waals surface area contributed by atoms with Crippen molar-refractivity contribution in [3.63, 3.8) is 0 Å². The molecule has 1 spiro atoms. The summed E-state index contributed by atoms with van der Waals surface area (Å²) in [5.41, 5.74) is 3.81. The number of likely N-dealkylation sites (tertiary alicyclic amines) is 1. The van der Waals surface area contributed by atoms with Crippen molar-refractivity contribution < 1.29 is 9.53 Å². The molecule has 2 atom stereocenters. The number of fused-ring (bicyclic) bond motifs is 2. The van der Waals surface area contributed by atoms with Crippen molar-refractivity contribution in [3.8, 4) is 0 Å². The van der Waals surface area contributed by atoms with Gasteiger partial charge in [-0.2, -0.15) is 0 Å². The summed E-state index contributed by atoms with van der Waals surface area (Å²) in [4.78, 5) is 15.0. The third-order valence-corrected chi connectivity index (χ3v) is 6.23. The number of ether oxygens (including phenoxy) is 1. The van der Waals surface area contributed by atoms with Gasteiger partial charge in [-0.05, 0) is 41.9 Å². The first-order valence-corrected chi connectivity index (χ1v) is 9.33. The third kappa shape index (κ3) is 2.49. The highest BCUT2D eigenvalue weighted by Crippen LogP contribution is 2.50. The molecule has 2 aliphatic heterocycles. The van der Waals surface area contributed by atoms with Gasteiger partial charge < -0.3 is 9.64 Å². The van der Waals surface area contributed by atoms with E-state index in [2.05, 4.69) is 53.4 Å². The summed E-state index contributed by atoms with van der Waals surface area (Å²) in [6.07, 6.45) is 2.83. The Bertz CT molecular complexity index is 793. The minimum absolute atomic E-state index is 0.157. The Labute approximate surface area is 148 Å². The second-order valence-corrected chi connectivity index (χ2v) is 7.62. The lowest BCUT2D eigenvalue weighted by Crippen LogP contribution is -2.45. The number of piperidine rings is 1. The number of hydrogen-bond donors (Lipinski definition) is 0. The second kappa shape index (κ2) is 5.70. The maximum absolute atomic E-state index is 12.9. The van der Waals surface area contributed by atoms with Crippen molar-refractivity contribution in [2.45, 2.75) is 37.4 Å². The standard InChI is InChI=1S/C22H23NO2/c24-21(19-14-18(19)16-6-2-1-3-7-16)23-12-10-22(11-13-23)20-9-5-4-8-17(20)15-25-22/h1-9,18-19H,10-15H2. The average molecular weight is 333 g/mol. The van der Waals surface area contributed by atoms with Gasteiger partial charge in [-0.3, -0.25) is 4.79 Å². The van der Waals surface area contributed by atoms with Crippen LogP contribution in [-0.4, -0.2) is 23.9 Å². The molecule has 3 aliphatic rings. The Morgan fingerprint density at radius 1 is 1.00 bits per heavy atom. The number of nitrogens with zero attached hydrogens (tertiary/aromatic N) is 1. The van der Waals surface area contributed by atoms with Crippen LogP contribution >= 0.6 is 0 Å². The molecule has 0 aromatic heterocycles. The molecule has 2 fully saturated rings. The van der Waals surface area contributed by atoms with Crippen molar-refractivity contribution in [1.82, 2.24) is 4.90 Å². The van der Waals surface area contributed by atoms with Gasteiger partial charge in [-0.15, -0.1) is 0 Å². The largest absolute Gasteiger partial charge is 0.365 e. The summed E-state index contributed by atoms with van der Waals surface area (Å²) in [6, 6.07) is 19.0. The Morgan fingerprint density at radius 3 is 2.52 bits per heavy atom. The molecule has 1 saturated heterocycles. The van der Waals surface area contributed by atoms with Crippen LogP contribution in [0.3, 0.4) is 0 Å². The van der Waals surface area contributed by atoms with Crippen LogP contribution in [0.2, 0.25) is 0 Å². The van der Waals surface area contributed by atoms with Gasteiger partial charge in [-0.25, -0.2) is 0 Å². The van der Waals surface area contributed by atoms with Crippen molar-refractivity contribution in [1.29, 1.82) is 0 Å². The smallest absolute Gasteiger partial charge is 0.226 e. The average Bonchev–Trinajstić information content (AvgIpc) is 3.41. The molecule has 2 heterocycles. The molecule has 2 aromatic carbocycles. The number of benzene rings is 2. The number of carbonyl (C=O) groups excluding carboxylic acids is 1. The third-order valence-electron chi connectivity index (χ3n) is 6.23. The van der Waals surface area contributed by atoms with Crippen molar-refractivity contribution >= 4 is 5.91 Å². The molecule has 25 heavy (non-hydrogen) atoms. The Kier molecular flexibility index (Phi) is 3.46. The second-order valence-electron chi connectivity index (χ2n) is 7.62. The fourth-order valence-corrected chi connectivity index (χ4v) is 4.66. The van der Waals surface area contributed by atoms with Crippen LogP contribution in [0.1, 0.15) is 41.9 Å². The maximum Gasteiger partial charge on any atom is 0.226 e.